The van der Waals surface area contributed by atoms with Gasteiger partial charge in [0.15, 0.2) is 0 Å². The van der Waals surface area contributed by atoms with Gasteiger partial charge in [-0.05, 0) is 42.8 Å². The van der Waals surface area contributed by atoms with E-state index < -0.39 is 21.8 Å². The maximum Gasteiger partial charge on any atom is 0.417 e. The van der Waals surface area contributed by atoms with Gasteiger partial charge in [-0.1, -0.05) is 41.4 Å². The maximum absolute atomic E-state index is 12.7. The number of rotatable bonds is 5. The van der Waals surface area contributed by atoms with Gasteiger partial charge in [-0.25, -0.2) is 8.42 Å². The molecule has 0 aliphatic carbocycles. The number of aryl methyl sites for hydroxylation is 1. The quantitative estimate of drug-likeness (QED) is 0.573. The fraction of sp³-hybridized carbons (Fsp3) is 0.150. The Morgan fingerprint density at radius 1 is 1.03 bits per heavy atom. The first kappa shape index (κ1) is 21.1. The van der Waals surface area contributed by atoms with Crippen LogP contribution in [0.1, 0.15) is 22.4 Å². The minimum Gasteiger partial charge on any atom is -0.280 e. The second kappa shape index (κ2) is 8.04. The number of alkyl halides is 3. The lowest BCUT2D eigenvalue weighted by Gasteiger charge is -2.11. The lowest BCUT2D eigenvalue weighted by molar-refractivity contribution is -0.137. The van der Waals surface area contributed by atoms with E-state index in [2.05, 4.69) is 9.71 Å². The molecule has 9 heteroatoms. The van der Waals surface area contributed by atoms with Gasteiger partial charge >= 0.3 is 6.18 Å². The molecular weight excluding hydrogens is 425 g/mol. The molecule has 0 fully saturated rings. The summed E-state index contributed by atoms with van der Waals surface area (Å²) in [7, 11) is -3.72. The van der Waals surface area contributed by atoms with Crippen LogP contribution in [-0.4, -0.2) is 13.4 Å². The average molecular weight is 441 g/mol. The SMILES string of the molecule is Cc1ccc(S(=O)(=O)Nc2ccc(Cc3ncc(C(F)(F)F)cc3Cl)cc2)cc1. The number of sulfonamides is 1. The lowest BCUT2D eigenvalue weighted by Crippen LogP contribution is -2.12. The molecule has 0 saturated carbocycles. The fourth-order valence-corrected chi connectivity index (χ4v) is 3.86. The summed E-state index contributed by atoms with van der Waals surface area (Å²) in [6, 6.07) is 13.7. The van der Waals surface area contributed by atoms with E-state index in [0.717, 1.165) is 23.4 Å². The highest BCUT2D eigenvalue weighted by atomic mass is 35.5. The van der Waals surface area contributed by atoms with E-state index in [0.29, 0.717) is 11.4 Å². The molecule has 0 aliphatic rings. The van der Waals surface area contributed by atoms with Crippen LogP contribution in [0.15, 0.2) is 65.7 Å². The minimum absolute atomic E-state index is 0.0797. The van der Waals surface area contributed by atoms with Crippen molar-refractivity contribution in [1.29, 1.82) is 0 Å². The number of hydrogen-bond acceptors (Lipinski definition) is 3. The Morgan fingerprint density at radius 2 is 1.66 bits per heavy atom. The van der Waals surface area contributed by atoms with Crippen molar-refractivity contribution in [3.8, 4) is 0 Å². The van der Waals surface area contributed by atoms with Gasteiger partial charge in [-0.2, -0.15) is 13.2 Å². The lowest BCUT2D eigenvalue weighted by atomic mass is 10.1. The van der Waals surface area contributed by atoms with Gasteiger partial charge in [-0.3, -0.25) is 9.71 Å². The van der Waals surface area contributed by atoms with E-state index in [1.54, 1.807) is 36.4 Å². The van der Waals surface area contributed by atoms with Gasteiger partial charge < -0.3 is 0 Å². The normalized spacial score (nSPS) is 12.0. The number of nitrogens with one attached hydrogen (secondary N) is 1. The Balaban J connectivity index is 1.73. The summed E-state index contributed by atoms with van der Waals surface area (Å²) in [6.45, 7) is 1.86. The van der Waals surface area contributed by atoms with Crippen LogP contribution in [0, 0.1) is 6.92 Å². The zero-order valence-corrected chi connectivity index (χ0v) is 16.7. The summed E-state index contributed by atoms with van der Waals surface area (Å²) in [5, 5.41) is -0.0797. The van der Waals surface area contributed by atoms with Crippen molar-refractivity contribution < 1.29 is 21.6 Å². The van der Waals surface area contributed by atoms with E-state index >= 15 is 0 Å². The molecule has 1 heterocycles. The molecule has 1 N–H and O–H groups in total. The van der Waals surface area contributed by atoms with Gasteiger partial charge in [0.05, 0.1) is 21.2 Å². The standard InChI is InChI=1S/C20H16ClF3N2O2S/c1-13-2-8-17(9-3-13)29(27,28)26-16-6-4-14(5-7-16)10-19-18(21)11-15(12-25-19)20(22,23)24/h2-9,11-12,26H,10H2,1H3. The summed E-state index contributed by atoms with van der Waals surface area (Å²) in [4.78, 5) is 3.95. The van der Waals surface area contributed by atoms with Crippen LogP contribution in [0.3, 0.4) is 0 Å². The van der Waals surface area contributed by atoms with E-state index in [1.807, 2.05) is 6.92 Å². The predicted molar refractivity (Wildman–Crippen MR) is 105 cm³/mol. The second-order valence-electron chi connectivity index (χ2n) is 6.44. The van der Waals surface area contributed by atoms with Crippen LogP contribution in [0.2, 0.25) is 5.02 Å². The molecule has 3 aromatic rings. The van der Waals surface area contributed by atoms with Gasteiger partial charge in [0.2, 0.25) is 0 Å². The molecule has 0 radical (unpaired) electrons. The molecule has 0 aliphatic heterocycles. The van der Waals surface area contributed by atoms with E-state index in [-0.39, 0.29) is 16.3 Å². The highest BCUT2D eigenvalue weighted by molar-refractivity contribution is 7.92. The first-order chi connectivity index (χ1) is 13.5. The van der Waals surface area contributed by atoms with Crippen LogP contribution in [0.4, 0.5) is 18.9 Å². The molecule has 4 nitrogen and oxygen atoms in total. The molecule has 0 atom stereocenters. The summed E-state index contributed by atoms with van der Waals surface area (Å²) >= 11 is 5.93. The third-order valence-electron chi connectivity index (χ3n) is 4.15. The van der Waals surface area contributed by atoms with Crippen LogP contribution in [0.5, 0.6) is 0 Å². The van der Waals surface area contributed by atoms with Crippen molar-refractivity contribution in [2.24, 2.45) is 0 Å². The third kappa shape index (κ3) is 5.27. The van der Waals surface area contributed by atoms with Crippen LogP contribution >= 0.6 is 11.6 Å². The van der Waals surface area contributed by atoms with Crippen LogP contribution < -0.4 is 4.72 Å². The van der Waals surface area contributed by atoms with Gasteiger partial charge in [-0.15, -0.1) is 0 Å². The second-order valence-corrected chi connectivity index (χ2v) is 8.53. The van der Waals surface area contributed by atoms with E-state index in [9.17, 15) is 21.6 Å². The van der Waals surface area contributed by atoms with Crippen molar-refractivity contribution in [2.75, 3.05) is 4.72 Å². The number of pyridine rings is 1. The topological polar surface area (TPSA) is 59.1 Å². The zero-order chi connectivity index (χ0) is 21.2. The Hall–Kier alpha value is -2.58. The van der Waals surface area contributed by atoms with Crippen molar-refractivity contribution in [3.63, 3.8) is 0 Å². The first-order valence-corrected chi connectivity index (χ1v) is 10.3. The molecule has 3 rings (SSSR count). The molecule has 0 bridgehead atoms. The average Bonchev–Trinajstić information content (AvgIpc) is 2.64. The molecule has 29 heavy (non-hydrogen) atoms. The Kier molecular flexibility index (Phi) is 5.86. The molecule has 0 amide bonds. The number of halogens is 4. The number of anilines is 1. The summed E-state index contributed by atoms with van der Waals surface area (Å²) in [6.07, 6.45) is -3.56. The molecular formula is C20H16ClF3N2O2S. The van der Waals surface area contributed by atoms with Crippen LogP contribution in [-0.2, 0) is 22.6 Å². The largest absolute Gasteiger partial charge is 0.417 e. The fourth-order valence-electron chi connectivity index (χ4n) is 2.57. The molecule has 0 saturated heterocycles. The molecule has 0 spiro atoms. The first-order valence-electron chi connectivity index (χ1n) is 8.45. The Labute approximate surface area is 171 Å². The van der Waals surface area contributed by atoms with Crippen molar-refractivity contribution >= 4 is 27.3 Å². The van der Waals surface area contributed by atoms with Gasteiger partial charge in [0, 0.05) is 18.3 Å². The van der Waals surface area contributed by atoms with E-state index in [1.165, 1.54) is 12.1 Å². The monoisotopic (exact) mass is 440 g/mol. The van der Waals surface area contributed by atoms with Crippen molar-refractivity contribution in [3.05, 3.63) is 88.2 Å². The molecule has 1 aromatic heterocycles. The van der Waals surface area contributed by atoms with Crippen LogP contribution in [0.25, 0.3) is 0 Å². The summed E-state index contributed by atoms with van der Waals surface area (Å²) in [5.41, 5.74) is 1.42. The van der Waals surface area contributed by atoms with Crippen molar-refractivity contribution in [1.82, 2.24) is 4.98 Å². The third-order valence-corrected chi connectivity index (χ3v) is 5.88. The molecule has 0 unspecified atom stereocenters. The molecule has 152 valence electrons. The Morgan fingerprint density at radius 3 is 2.21 bits per heavy atom. The highest BCUT2D eigenvalue weighted by Gasteiger charge is 2.31. The van der Waals surface area contributed by atoms with Gasteiger partial charge in [0.25, 0.3) is 10.0 Å². The molecule has 2 aromatic carbocycles. The number of benzene rings is 2. The number of hydrogen-bond donors (Lipinski definition) is 1. The zero-order valence-electron chi connectivity index (χ0n) is 15.2. The van der Waals surface area contributed by atoms with E-state index in [4.69, 9.17) is 11.6 Å². The number of aromatic nitrogens is 1. The highest BCUT2D eigenvalue weighted by Crippen LogP contribution is 2.31. The van der Waals surface area contributed by atoms with Crippen molar-refractivity contribution in [2.45, 2.75) is 24.4 Å². The number of nitrogens with zero attached hydrogens (tertiary/aromatic N) is 1. The maximum atomic E-state index is 12.7. The summed E-state index contributed by atoms with van der Waals surface area (Å²) in [5.74, 6) is 0. The predicted octanol–water partition coefficient (Wildman–Crippen LogP) is 5.45. The summed E-state index contributed by atoms with van der Waals surface area (Å²) < 4.78 is 65.4. The smallest absolute Gasteiger partial charge is 0.280 e. The Bertz CT molecular complexity index is 1110. The minimum atomic E-state index is -4.51. The van der Waals surface area contributed by atoms with Gasteiger partial charge in [0.1, 0.15) is 0 Å².